The van der Waals surface area contributed by atoms with Crippen molar-refractivity contribution in [2.24, 2.45) is 0 Å². The average molecular weight is 471 g/mol. The Bertz CT molecular complexity index is 663. The van der Waals surface area contributed by atoms with Crippen LogP contribution < -0.4 is 0 Å². The van der Waals surface area contributed by atoms with Gasteiger partial charge in [0, 0.05) is 18.8 Å². The number of carbonyl (C=O) groups excluding carboxylic acids is 2. The van der Waals surface area contributed by atoms with Crippen LogP contribution in [-0.2, 0) is 46.4 Å². The normalized spacial score (nSPS) is 13.0. The second-order valence-corrected chi connectivity index (χ2v) is 6.63. The topological polar surface area (TPSA) is 114 Å². The summed E-state index contributed by atoms with van der Waals surface area (Å²) in [5.74, 6) is -0.677. The summed E-state index contributed by atoms with van der Waals surface area (Å²) >= 11 is 0. The van der Waals surface area contributed by atoms with E-state index in [2.05, 4.69) is 17.2 Å². The predicted octanol–water partition coefficient (Wildman–Crippen LogP) is 1.22. The summed E-state index contributed by atoms with van der Waals surface area (Å²) in [5.41, 5.74) is 0.545. The Kier molecular flexibility index (Phi) is 16.9. The van der Waals surface area contributed by atoms with Crippen LogP contribution in [0.4, 0.5) is 0 Å². The molecule has 0 aromatic carbocycles. The molecular formula is C22H38N4O7. The molecular weight excluding hydrogens is 432 g/mol. The van der Waals surface area contributed by atoms with Crippen molar-refractivity contribution < 1.29 is 33.3 Å². The Morgan fingerprint density at radius 2 is 1.18 bits per heavy atom. The van der Waals surface area contributed by atoms with Crippen LogP contribution >= 0.6 is 0 Å². The number of imide groups is 1. The first kappa shape index (κ1) is 28.9. The molecule has 2 heterocycles. The van der Waals surface area contributed by atoms with Crippen LogP contribution in [0, 0.1) is 0 Å². The Labute approximate surface area is 195 Å². The van der Waals surface area contributed by atoms with Gasteiger partial charge in [-0.1, -0.05) is 26.0 Å². The van der Waals surface area contributed by atoms with E-state index in [1.807, 2.05) is 13.8 Å². The second-order valence-electron chi connectivity index (χ2n) is 6.63. The molecule has 11 nitrogen and oxygen atoms in total. The molecule has 0 atom stereocenters. The monoisotopic (exact) mass is 470 g/mol. The molecule has 1 aromatic rings. The molecule has 0 aliphatic carbocycles. The standard InChI is InChI=1S/C20H32N4O7.C2H6/c1-2-6-27-8-10-29-12-14-31-15-13-30-11-9-28-7-5-23-16-18(21-22-23)17-24-19(25)3-4-20(24)26;1-2/h3-4,16H,2,5-15,17H2,1H3;1-2H3. The highest BCUT2D eigenvalue weighted by Gasteiger charge is 2.24. The van der Waals surface area contributed by atoms with E-state index in [1.54, 1.807) is 10.9 Å². The fourth-order valence-electron chi connectivity index (χ4n) is 2.55. The molecule has 188 valence electrons. The van der Waals surface area contributed by atoms with Gasteiger partial charge in [0.1, 0.15) is 5.69 Å². The van der Waals surface area contributed by atoms with E-state index >= 15 is 0 Å². The molecule has 1 aromatic heterocycles. The molecule has 0 fully saturated rings. The van der Waals surface area contributed by atoms with Gasteiger partial charge >= 0.3 is 0 Å². The van der Waals surface area contributed by atoms with Gasteiger partial charge in [-0.2, -0.15) is 0 Å². The highest BCUT2D eigenvalue weighted by molar-refractivity contribution is 6.12. The second kappa shape index (κ2) is 19.3. The molecule has 1 aliphatic heterocycles. The molecule has 1 aliphatic rings. The molecule has 0 unspecified atom stereocenters. The zero-order valence-corrected chi connectivity index (χ0v) is 20.1. The van der Waals surface area contributed by atoms with Gasteiger partial charge in [0.15, 0.2) is 0 Å². The van der Waals surface area contributed by atoms with Crippen molar-refractivity contribution in [2.75, 3.05) is 66.1 Å². The van der Waals surface area contributed by atoms with E-state index in [0.717, 1.165) is 17.9 Å². The van der Waals surface area contributed by atoms with Gasteiger partial charge in [0.05, 0.1) is 78.7 Å². The maximum atomic E-state index is 11.5. The molecule has 2 rings (SSSR count). The van der Waals surface area contributed by atoms with E-state index in [-0.39, 0.29) is 18.4 Å². The van der Waals surface area contributed by atoms with Crippen LogP contribution in [0.15, 0.2) is 18.3 Å². The van der Waals surface area contributed by atoms with Gasteiger partial charge in [-0.3, -0.25) is 14.5 Å². The van der Waals surface area contributed by atoms with E-state index < -0.39 is 0 Å². The number of hydrogen-bond donors (Lipinski definition) is 0. The van der Waals surface area contributed by atoms with Crippen LogP contribution in [0.25, 0.3) is 0 Å². The minimum Gasteiger partial charge on any atom is -0.379 e. The van der Waals surface area contributed by atoms with Crippen LogP contribution in [0.1, 0.15) is 32.9 Å². The highest BCUT2D eigenvalue weighted by Crippen LogP contribution is 2.08. The van der Waals surface area contributed by atoms with Crippen molar-refractivity contribution in [1.29, 1.82) is 0 Å². The van der Waals surface area contributed by atoms with E-state index in [4.69, 9.17) is 23.7 Å². The first-order valence-electron chi connectivity index (χ1n) is 11.5. The fourth-order valence-corrected chi connectivity index (χ4v) is 2.55. The minimum absolute atomic E-state index is 0.112. The van der Waals surface area contributed by atoms with Crippen LogP contribution in [0.3, 0.4) is 0 Å². The first-order valence-corrected chi connectivity index (χ1v) is 11.5. The van der Waals surface area contributed by atoms with E-state index in [9.17, 15) is 9.59 Å². The minimum atomic E-state index is -0.338. The summed E-state index contributed by atoms with van der Waals surface area (Å²) in [6, 6.07) is 0. The number of ether oxygens (including phenoxy) is 5. The third-order valence-electron chi connectivity index (χ3n) is 4.11. The molecule has 0 bridgehead atoms. The lowest BCUT2D eigenvalue weighted by Crippen LogP contribution is -2.29. The van der Waals surface area contributed by atoms with Gasteiger partial charge in [-0.05, 0) is 6.42 Å². The number of rotatable bonds is 19. The van der Waals surface area contributed by atoms with Crippen molar-refractivity contribution in [2.45, 2.75) is 40.3 Å². The van der Waals surface area contributed by atoms with Gasteiger partial charge in [0.25, 0.3) is 11.8 Å². The number of carbonyl (C=O) groups is 2. The Morgan fingerprint density at radius 1 is 0.727 bits per heavy atom. The number of nitrogens with zero attached hydrogens (tertiary/aromatic N) is 4. The Hall–Kier alpha value is -2.18. The lowest BCUT2D eigenvalue weighted by molar-refractivity contribution is -0.137. The molecule has 2 amide bonds. The van der Waals surface area contributed by atoms with E-state index in [0.29, 0.717) is 71.7 Å². The lowest BCUT2D eigenvalue weighted by atomic mass is 10.4. The maximum absolute atomic E-state index is 11.5. The smallest absolute Gasteiger partial charge is 0.253 e. The quantitative estimate of drug-likeness (QED) is 0.217. The van der Waals surface area contributed by atoms with Gasteiger partial charge in [0.2, 0.25) is 0 Å². The molecule has 0 N–H and O–H groups in total. The van der Waals surface area contributed by atoms with Crippen molar-refractivity contribution in [3.05, 3.63) is 24.0 Å². The highest BCUT2D eigenvalue weighted by atomic mass is 16.6. The zero-order valence-electron chi connectivity index (χ0n) is 20.1. The van der Waals surface area contributed by atoms with E-state index in [1.165, 1.54) is 12.2 Å². The van der Waals surface area contributed by atoms with Crippen molar-refractivity contribution >= 4 is 11.8 Å². The third-order valence-corrected chi connectivity index (χ3v) is 4.11. The predicted molar refractivity (Wildman–Crippen MR) is 120 cm³/mol. The zero-order chi connectivity index (χ0) is 24.2. The average Bonchev–Trinajstić information content (AvgIpc) is 3.41. The summed E-state index contributed by atoms with van der Waals surface area (Å²) in [6.07, 6.45) is 5.20. The summed E-state index contributed by atoms with van der Waals surface area (Å²) in [7, 11) is 0. The SMILES string of the molecule is CC.CCCOCCOCCOCCOCCOCCn1cc(CN2C(=O)C=CC2=O)nn1. The first-order chi connectivity index (χ1) is 16.2. The van der Waals surface area contributed by atoms with Crippen LogP contribution in [-0.4, -0.2) is 97.8 Å². The molecule has 0 radical (unpaired) electrons. The molecule has 33 heavy (non-hydrogen) atoms. The lowest BCUT2D eigenvalue weighted by Gasteiger charge is -2.10. The summed E-state index contributed by atoms with van der Waals surface area (Å²) in [6.45, 7) is 12.1. The van der Waals surface area contributed by atoms with Crippen molar-refractivity contribution in [3.63, 3.8) is 0 Å². The Balaban J connectivity index is 0.00000265. The molecule has 0 saturated heterocycles. The summed E-state index contributed by atoms with van der Waals surface area (Å²) in [5, 5.41) is 7.94. The molecule has 11 heteroatoms. The largest absolute Gasteiger partial charge is 0.379 e. The van der Waals surface area contributed by atoms with Crippen LogP contribution in [0.2, 0.25) is 0 Å². The third kappa shape index (κ3) is 13.2. The Morgan fingerprint density at radius 3 is 1.67 bits per heavy atom. The van der Waals surface area contributed by atoms with Gasteiger partial charge < -0.3 is 23.7 Å². The van der Waals surface area contributed by atoms with Crippen LogP contribution in [0.5, 0.6) is 0 Å². The van der Waals surface area contributed by atoms with Crippen molar-refractivity contribution in [3.8, 4) is 0 Å². The van der Waals surface area contributed by atoms with Gasteiger partial charge in [-0.15, -0.1) is 5.10 Å². The maximum Gasteiger partial charge on any atom is 0.253 e. The molecule has 0 saturated carbocycles. The number of hydrogen-bond acceptors (Lipinski definition) is 9. The summed E-state index contributed by atoms with van der Waals surface area (Å²) < 4.78 is 28.6. The number of aromatic nitrogens is 3. The molecule has 0 spiro atoms. The summed E-state index contributed by atoms with van der Waals surface area (Å²) in [4.78, 5) is 24.2. The number of amides is 2. The van der Waals surface area contributed by atoms with Gasteiger partial charge in [-0.25, -0.2) is 4.68 Å². The fraction of sp³-hybridized carbons (Fsp3) is 0.727. The van der Waals surface area contributed by atoms with Crippen molar-refractivity contribution in [1.82, 2.24) is 19.9 Å².